The van der Waals surface area contributed by atoms with Crippen LogP contribution in [0.25, 0.3) is 0 Å². The lowest BCUT2D eigenvalue weighted by atomic mass is 9.86. The molecule has 0 radical (unpaired) electrons. The minimum atomic E-state index is -0.912. The first-order valence-electron chi connectivity index (χ1n) is 6.43. The van der Waals surface area contributed by atoms with Crippen LogP contribution < -0.4 is 4.90 Å². The van der Waals surface area contributed by atoms with Gasteiger partial charge in [0.1, 0.15) is 5.41 Å². The highest BCUT2D eigenvalue weighted by Gasteiger charge is 2.37. The minimum absolute atomic E-state index is 0.0698. The van der Waals surface area contributed by atoms with Gasteiger partial charge in [-0.25, -0.2) is 0 Å². The topological polar surface area (TPSA) is 44.1 Å². The molecule has 1 atom stereocenters. The van der Waals surface area contributed by atoms with Crippen LogP contribution in [0.5, 0.6) is 0 Å². The smallest absolute Gasteiger partial charge is 0.247 e. The van der Waals surface area contributed by atoms with Crippen molar-refractivity contribution >= 4 is 11.6 Å². The average molecular weight is 242 g/mol. The average Bonchev–Trinajstić information content (AvgIpc) is 2.45. The molecule has 0 aliphatic carbocycles. The molecular formula is C15H18N2O. The predicted molar refractivity (Wildman–Crippen MR) is 71.1 cm³/mol. The van der Waals surface area contributed by atoms with Crippen LogP contribution in [-0.4, -0.2) is 12.5 Å². The molecule has 0 saturated heterocycles. The number of rotatable bonds is 2. The molecule has 1 aromatic rings. The summed E-state index contributed by atoms with van der Waals surface area (Å²) < 4.78 is 0. The second kappa shape index (κ2) is 4.81. The first-order valence-corrected chi connectivity index (χ1v) is 6.43. The fourth-order valence-corrected chi connectivity index (χ4v) is 2.32. The number of benzene rings is 1. The summed E-state index contributed by atoms with van der Waals surface area (Å²) in [7, 11) is 0. The molecule has 0 spiro atoms. The number of nitrogens with zero attached hydrogens (tertiary/aromatic N) is 2. The maximum absolute atomic E-state index is 12.5. The third-order valence-corrected chi connectivity index (χ3v) is 3.78. The molecule has 94 valence electrons. The van der Waals surface area contributed by atoms with Gasteiger partial charge in [0.05, 0.1) is 6.07 Å². The second-order valence-corrected chi connectivity index (χ2v) is 4.99. The first kappa shape index (κ1) is 12.6. The fourth-order valence-electron chi connectivity index (χ4n) is 2.32. The molecule has 0 bridgehead atoms. The van der Waals surface area contributed by atoms with Gasteiger partial charge < -0.3 is 4.90 Å². The Balaban J connectivity index is 2.37. The third-order valence-electron chi connectivity index (χ3n) is 3.78. The van der Waals surface area contributed by atoms with Crippen LogP contribution in [0.15, 0.2) is 24.3 Å². The third kappa shape index (κ3) is 1.99. The SMILES string of the molecule is CCC(C)(C#N)C(=O)N1CCCc2ccccc21. The molecule has 0 saturated carbocycles. The molecule has 1 aromatic carbocycles. The molecule has 1 aliphatic rings. The van der Waals surface area contributed by atoms with Gasteiger partial charge in [-0.1, -0.05) is 25.1 Å². The molecular weight excluding hydrogens is 224 g/mol. The van der Waals surface area contributed by atoms with Crippen molar-refractivity contribution in [2.75, 3.05) is 11.4 Å². The normalized spacial score (nSPS) is 17.5. The zero-order valence-electron chi connectivity index (χ0n) is 10.9. The van der Waals surface area contributed by atoms with Crippen LogP contribution in [-0.2, 0) is 11.2 Å². The van der Waals surface area contributed by atoms with Gasteiger partial charge in [0.25, 0.3) is 0 Å². The van der Waals surface area contributed by atoms with Crippen LogP contribution in [0.3, 0.4) is 0 Å². The molecule has 1 unspecified atom stereocenters. The molecule has 0 aromatic heterocycles. The Labute approximate surface area is 108 Å². The number of amides is 1. The van der Waals surface area contributed by atoms with Gasteiger partial charge in [-0.2, -0.15) is 5.26 Å². The van der Waals surface area contributed by atoms with E-state index in [1.165, 1.54) is 5.56 Å². The van der Waals surface area contributed by atoms with Crippen molar-refractivity contribution in [1.82, 2.24) is 0 Å². The molecule has 18 heavy (non-hydrogen) atoms. The quantitative estimate of drug-likeness (QED) is 0.800. The van der Waals surface area contributed by atoms with Gasteiger partial charge in [-0.3, -0.25) is 4.79 Å². The van der Waals surface area contributed by atoms with E-state index in [1.54, 1.807) is 11.8 Å². The van der Waals surface area contributed by atoms with Gasteiger partial charge >= 0.3 is 0 Å². The van der Waals surface area contributed by atoms with E-state index in [0.29, 0.717) is 13.0 Å². The lowest BCUT2D eigenvalue weighted by molar-refractivity contribution is -0.125. The van der Waals surface area contributed by atoms with Crippen LogP contribution in [0.1, 0.15) is 32.3 Å². The molecule has 1 amide bonds. The lowest BCUT2D eigenvalue weighted by Crippen LogP contribution is -2.44. The molecule has 3 nitrogen and oxygen atoms in total. The number of hydrogen-bond donors (Lipinski definition) is 0. The van der Waals surface area contributed by atoms with E-state index in [9.17, 15) is 10.1 Å². The van der Waals surface area contributed by atoms with Gasteiger partial charge in [0, 0.05) is 12.2 Å². The molecule has 1 heterocycles. The lowest BCUT2D eigenvalue weighted by Gasteiger charge is -2.33. The Kier molecular flexibility index (Phi) is 3.38. The number of para-hydroxylation sites is 1. The van der Waals surface area contributed by atoms with E-state index in [2.05, 4.69) is 12.1 Å². The van der Waals surface area contributed by atoms with Crippen LogP contribution in [0.4, 0.5) is 5.69 Å². The second-order valence-electron chi connectivity index (χ2n) is 4.99. The van der Waals surface area contributed by atoms with Crippen LogP contribution in [0, 0.1) is 16.7 Å². The van der Waals surface area contributed by atoms with Gasteiger partial charge in [-0.05, 0) is 37.8 Å². The van der Waals surface area contributed by atoms with Crippen molar-refractivity contribution in [3.05, 3.63) is 29.8 Å². The summed E-state index contributed by atoms with van der Waals surface area (Å²) >= 11 is 0. The van der Waals surface area contributed by atoms with Crippen LogP contribution in [0.2, 0.25) is 0 Å². The largest absolute Gasteiger partial charge is 0.311 e. The number of carbonyl (C=O) groups excluding carboxylic acids is 1. The summed E-state index contributed by atoms with van der Waals surface area (Å²) in [5.41, 5.74) is 1.27. The highest BCUT2D eigenvalue weighted by molar-refractivity contribution is 6.00. The first-order chi connectivity index (χ1) is 8.62. The molecule has 0 N–H and O–H groups in total. The Morgan fingerprint density at radius 2 is 2.22 bits per heavy atom. The highest BCUT2D eigenvalue weighted by Crippen LogP contribution is 2.32. The van der Waals surface area contributed by atoms with Crippen molar-refractivity contribution in [2.24, 2.45) is 5.41 Å². The van der Waals surface area contributed by atoms with Crippen molar-refractivity contribution in [3.63, 3.8) is 0 Å². The fraction of sp³-hybridized carbons (Fsp3) is 0.467. The number of nitriles is 1. The summed E-state index contributed by atoms with van der Waals surface area (Å²) in [6.45, 7) is 4.33. The predicted octanol–water partition coefficient (Wildman–Crippen LogP) is 2.91. The maximum Gasteiger partial charge on any atom is 0.247 e. The zero-order valence-corrected chi connectivity index (χ0v) is 10.9. The molecule has 3 heteroatoms. The number of carbonyl (C=O) groups is 1. The Bertz CT molecular complexity index is 503. The van der Waals surface area contributed by atoms with E-state index in [1.807, 2.05) is 25.1 Å². The highest BCUT2D eigenvalue weighted by atomic mass is 16.2. The van der Waals surface area contributed by atoms with Crippen molar-refractivity contribution < 1.29 is 4.79 Å². The van der Waals surface area contributed by atoms with Crippen molar-refractivity contribution in [3.8, 4) is 6.07 Å². The summed E-state index contributed by atoms with van der Waals surface area (Å²) in [4.78, 5) is 14.3. The summed E-state index contributed by atoms with van der Waals surface area (Å²) in [6.07, 6.45) is 2.52. The summed E-state index contributed by atoms with van der Waals surface area (Å²) in [6, 6.07) is 10.1. The number of hydrogen-bond acceptors (Lipinski definition) is 2. The van der Waals surface area contributed by atoms with Gasteiger partial charge in [-0.15, -0.1) is 0 Å². The van der Waals surface area contributed by atoms with Crippen molar-refractivity contribution in [2.45, 2.75) is 33.1 Å². The molecule has 2 rings (SSSR count). The van der Waals surface area contributed by atoms with E-state index in [4.69, 9.17) is 0 Å². The summed E-state index contributed by atoms with van der Waals surface area (Å²) in [5, 5.41) is 9.24. The Morgan fingerprint density at radius 3 is 2.89 bits per heavy atom. The minimum Gasteiger partial charge on any atom is -0.311 e. The van der Waals surface area contributed by atoms with Crippen LogP contribution >= 0.6 is 0 Å². The number of anilines is 1. The Morgan fingerprint density at radius 1 is 1.50 bits per heavy atom. The maximum atomic E-state index is 12.5. The van der Waals surface area contributed by atoms with Gasteiger partial charge in [0.2, 0.25) is 5.91 Å². The number of fused-ring (bicyclic) bond motifs is 1. The van der Waals surface area contributed by atoms with E-state index < -0.39 is 5.41 Å². The molecule has 1 aliphatic heterocycles. The monoisotopic (exact) mass is 242 g/mol. The standard InChI is InChI=1S/C15H18N2O/c1-3-15(2,11-16)14(18)17-10-6-8-12-7-4-5-9-13(12)17/h4-5,7,9H,3,6,8,10H2,1-2H3. The van der Waals surface area contributed by atoms with Crippen molar-refractivity contribution in [1.29, 1.82) is 5.26 Å². The summed E-state index contributed by atoms with van der Waals surface area (Å²) in [5.74, 6) is -0.0698. The van der Waals surface area contributed by atoms with Gasteiger partial charge in [0.15, 0.2) is 0 Å². The molecule has 0 fully saturated rings. The Hall–Kier alpha value is -1.82. The van der Waals surface area contributed by atoms with E-state index >= 15 is 0 Å². The number of aryl methyl sites for hydroxylation is 1. The zero-order chi connectivity index (χ0) is 13.2. The van der Waals surface area contributed by atoms with E-state index in [-0.39, 0.29) is 5.91 Å². The van der Waals surface area contributed by atoms with E-state index in [0.717, 1.165) is 18.5 Å².